The number of likely N-dealkylation sites (tertiary alicyclic amines) is 1. The van der Waals surface area contributed by atoms with Crippen molar-refractivity contribution in [2.24, 2.45) is 0 Å². The quantitative estimate of drug-likeness (QED) is 0.635. The Morgan fingerprint density at radius 1 is 1.12 bits per heavy atom. The Balaban J connectivity index is 1.17. The lowest BCUT2D eigenvalue weighted by Crippen LogP contribution is -2.53. The highest BCUT2D eigenvalue weighted by Gasteiger charge is 2.45. The number of rotatable bonds is 3. The Bertz CT molecular complexity index is 1200. The number of ether oxygens (including phenoxy) is 2. The first-order valence-electron chi connectivity index (χ1n) is 11.5. The second-order valence-corrected chi connectivity index (χ2v) is 9.81. The van der Waals surface area contributed by atoms with Gasteiger partial charge in [0.05, 0.1) is 24.8 Å². The number of β-amino-alcohol motifs (C(OH)–C–C–N with tert-alkyl or cyclic N) is 1. The van der Waals surface area contributed by atoms with Crippen LogP contribution in [0.2, 0.25) is 5.02 Å². The summed E-state index contributed by atoms with van der Waals surface area (Å²) < 4.78 is 11.8. The Morgan fingerprint density at radius 2 is 1.97 bits per heavy atom. The molecule has 0 radical (unpaired) electrons. The van der Waals surface area contributed by atoms with Crippen LogP contribution in [0.5, 0.6) is 11.5 Å². The van der Waals surface area contributed by atoms with Crippen LogP contribution in [0.1, 0.15) is 18.4 Å². The molecule has 1 spiro atoms. The summed E-state index contributed by atoms with van der Waals surface area (Å²) in [4.78, 5) is 13.5. The van der Waals surface area contributed by atoms with Gasteiger partial charge >= 0.3 is 0 Å². The van der Waals surface area contributed by atoms with E-state index < -0.39 is 6.10 Å². The minimum Gasteiger partial charge on any atom is -0.497 e. The van der Waals surface area contributed by atoms with Crippen LogP contribution in [0.4, 0.5) is 5.82 Å². The number of piperidine rings is 1. The molecule has 7 nitrogen and oxygen atoms in total. The normalized spacial score (nSPS) is 24.3. The molecule has 3 aliphatic heterocycles. The van der Waals surface area contributed by atoms with Crippen LogP contribution in [0.15, 0.2) is 42.7 Å². The van der Waals surface area contributed by atoms with Crippen LogP contribution in [-0.2, 0) is 6.42 Å². The molecule has 2 atom stereocenters. The molecule has 0 saturated carbocycles. The third kappa shape index (κ3) is 3.68. The van der Waals surface area contributed by atoms with Gasteiger partial charge in [-0.15, -0.1) is 0 Å². The maximum absolute atomic E-state index is 11.0. The average Bonchev–Trinajstić information content (AvgIpc) is 3.38. The predicted octanol–water partition coefficient (Wildman–Crippen LogP) is 3.31. The fraction of sp³-hybridized carbons (Fsp3) is 0.440. The summed E-state index contributed by atoms with van der Waals surface area (Å²) >= 11 is 6.18. The zero-order valence-electron chi connectivity index (χ0n) is 18.6. The van der Waals surface area contributed by atoms with Crippen LogP contribution >= 0.6 is 11.6 Å². The average molecular weight is 467 g/mol. The predicted molar refractivity (Wildman–Crippen MR) is 127 cm³/mol. The van der Waals surface area contributed by atoms with Crippen molar-refractivity contribution in [1.82, 2.24) is 14.9 Å². The lowest BCUT2D eigenvalue weighted by atomic mass is 9.86. The van der Waals surface area contributed by atoms with Crippen LogP contribution in [0.25, 0.3) is 10.9 Å². The van der Waals surface area contributed by atoms with E-state index in [1.807, 2.05) is 36.4 Å². The highest BCUT2D eigenvalue weighted by Crippen LogP contribution is 2.42. The fourth-order valence-electron chi connectivity index (χ4n) is 5.65. The van der Waals surface area contributed by atoms with Gasteiger partial charge in [-0.3, -0.25) is 4.90 Å². The summed E-state index contributed by atoms with van der Waals surface area (Å²) in [6.07, 6.45) is 3.95. The molecule has 8 heteroatoms. The van der Waals surface area contributed by atoms with Gasteiger partial charge in [0.2, 0.25) is 0 Å². The van der Waals surface area contributed by atoms with Gasteiger partial charge in [0, 0.05) is 55.9 Å². The van der Waals surface area contributed by atoms with Crippen LogP contribution in [0, 0.1) is 0 Å². The third-order valence-electron chi connectivity index (χ3n) is 7.42. The SMILES string of the molecule is COc1ccc2ncnc(N3CC(N4CCC5(CC4)Cc4cc(Cl)ccc4O5)[C@H](O)C3)c2c1. The molecule has 172 valence electrons. The zero-order chi connectivity index (χ0) is 22.6. The molecule has 1 aromatic heterocycles. The zero-order valence-corrected chi connectivity index (χ0v) is 19.3. The minimum absolute atomic E-state index is 0.0659. The monoisotopic (exact) mass is 466 g/mol. The van der Waals surface area contributed by atoms with Crippen LogP contribution < -0.4 is 14.4 Å². The maximum Gasteiger partial charge on any atom is 0.140 e. The van der Waals surface area contributed by atoms with E-state index in [0.29, 0.717) is 6.54 Å². The highest BCUT2D eigenvalue weighted by atomic mass is 35.5. The van der Waals surface area contributed by atoms with E-state index in [4.69, 9.17) is 21.1 Å². The molecule has 2 aromatic carbocycles. The van der Waals surface area contributed by atoms with Gasteiger partial charge < -0.3 is 19.5 Å². The molecular formula is C25H27ClN4O3. The van der Waals surface area contributed by atoms with Crippen LogP contribution in [0.3, 0.4) is 0 Å². The lowest BCUT2D eigenvalue weighted by Gasteiger charge is -2.41. The van der Waals surface area contributed by atoms with Crippen molar-refractivity contribution in [2.75, 3.05) is 38.2 Å². The first-order valence-corrected chi connectivity index (χ1v) is 11.8. The summed E-state index contributed by atoms with van der Waals surface area (Å²) in [5, 5.41) is 12.7. The Labute approximate surface area is 197 Å². The first kappa shape index (κ1) is 21.0. The number of anilines is 1. The molecule has 3 aromatic rings. The molecule has 33 heavy (non-hydrogen) atoms. The van der Waals surface area contributed by atoms with Gasteiger partial charge in [-0.1, -0.05) is 11.6 Å². The molecule has 1 N–H and O–H groups in total. The van der Waals surface area contributed by atoms with Gasteiger partial charge in [-0.05, 0) is 42.0 Å². The Hall–Kier alpha value is -2.61. The van der Waals surface area contributed by atoms with Crippen molar-refractivity contribution >= 4 is 28.3 Å². The largest absolute Gasteiger partial charge is 0.497 e. The third-order valence-corrected chi connectivity index (χ3v) is 7.66. The number of hydrogen-bond acceptors (Lipinski definition) is 7. The second kappa shape index (κ2) is 8.01. The molecule has 0 amide bonds. The number of nitrogens with zero attached hydrogens (tertiary/aromatic N) is 4. The van der Waals surface area contributed by atoms with Gasteiger partial charge in [0.25, 0.3) is 0 Å². The first-order chi connectivity index (χ1) is 16.0. The molecule has 0 bridgehead atoms. The Kier molecular flexibility index (Phi) is 5.09. The van der Waals surface area contributed by atoms with E-state index in [9.17, 15) is 5.11 Å². The summed E-state index contributed by atoms with van der Waals surface area (Å²) in [5.74, 6) is 2.58. The summed E-state index contributed by atoms with van der Waals surface area (Å²) in [7, 11) is 1.66. The van der Waals surface area contributed by atoms with Crippen molar-refractivity contribution < 1.29 is 14.6 Å². The van der Waals surface area contributed by atoms with Crippen molar-refractivity contribution in [3.8, 4) is 11.5 Å². The number of fused-ring (bicyclic) bond motifs is 2. The maximum atomic E-state index is 11.0. The molecule has 4 heterocycles. The molecule has 0 aliphatic carbocycles. The van der Waals surface area contributed by atoms with Crippen LogP contribution in [-0.4, -0.2) is 71.0 Å². The molecule has 3 aliphatic rings. The standard InChI is InChI=1S/C25H27ClN4O3/c1-32-18-3-4-20-19(11-18)24(28-15-27-20)30-13-21(22(31)14-30)29-8-6-25(7-9-29)12-16-10-17(26)2-5-23(16)33-25/h2-5,10-11,15,21-22,31H,6-9,12-14H2,1H3/t21?,22-/m1/s1. The number of aromatic nitrogens is 2. The van der Waals surface area contributed by atoms with E-state index in [1.165, 1.54) is 5.56 Å². The highest BCUT2D eigenvalue weighted by molar-refractivity contribution is 6.30. The summed E-state index contributed by atoms with van der Waals surface area (Å²) in [6.45, 7) is 3.08. The van der Waals surface area contributed by atoms with Crippen molar-refractivity contribution in [3.05, 3.63) is 53.3 Å². The number of aliphatic hydroxyl groups excluding tert-OH is 1. The topological polar surface area (TPSA) is 71.0 Å². The minimum atomic E-state index is -0.435. The van der Waals surface area contributed by atoms with Gasteiger partial charge in [-0.25, -0.2) is 9.97 Å². The number of methoxy groups -OCH3 is 1. The Morgan fingerprint density at radius 3 is 2.79 bits per heavy atom. The van der Waals surface area contributed by atoms with Gasteiger partial charge in [0.15, 0.2) is 0 Å². The summed E-state index contributed by atoms with van der Waals surface area (Å²) in [6, 6.07) is 11.8. The van der Waals surface area contributed by atoms with Crippen molar-refractivity contribution in [2.45, 2.75) is 37.0 Å². The molecule has 1 unspecified atom stereocenters. The molecule has 2 saturated heterocycles. The van der Waals surface area contributed by atoms with E-state index in [0.717, 1.165) is 72.1 Å². The number of halogens is 1. The fourth-order valence-corrected chi connectivity index (χ4v) is 5.84. The molecular weight excluding hydrogens is 440 g/mol. The number of aliphatic hydroxyl groups is 1. The van der Waals surface area contributed by atoms with Gasteiger partial charge in [0.1, 0.15) is 29.2 Å². The van der Waals surface area contributed by atoms with Gasteiger partial charge in [-0.2, -0.15) is 0 Å². The van der Waals surface area contributed by atoms with Crippen molar-refractivity contribution in [3.63, 3.8) is 0 Å². The molecule has 6 rings (SSSR count). The summed E-state index contributed by atoms with van der Waals surface area (Å²) in [5.41, 5.74) is 1.93. The van der Waals surface area contributed by atoms with E-state index >= 15 is 0 Å². The smallest absolute Gasteiger partial charge is 0.140 e. The lowest BCUT2D eigenvalue weighted by molar-refractivity contribution is -0.0107. The van der Waals surface area contributed by atoms with E-state index in [-0.39, 0.29) is 11.6 Å². The van der Waals surface area contributed by atoms with E-state index in [1.54, 1.807) is 13.4 Å². The number of benzene rings is 2. The van der Waals surface area contributed by atoms with Crippen molar-refractivity contribution in [1.29, 1.82) is 0 Å². The van der Waals surface area contributed by atoms with E-state index in [2.05, 4.69) is 19.8 Å². The number of hydrogen-bond donors (Lipinski definition) is 1. The molecule has 2 fully saturated rings. The second-order valence-electron chi connectivity index (χ2n) is 9.37.